The summed E-state index contributed by atoms with van der Waals surface area (Å²) < 4.78 is 0. The first-order chi connectivity index (χ1) is 9.56. The van der Waals surface area contributed by atoms with Crippen LogP contribution in [-0.4, -0.2) is 28.8 Å². The second-order valence-corrected chi connectivity index (χ2v) is 4.68. The summed E-state index contributed by atoms with van der Waals surface area (Å²) in [6.45, 7) is 1.85. The zero-order valence-electron chi connectivity index (χ0n) is 11.2. The third kappa shape index (κ3) is 3.59. The molecular formula is C16H17NO3. The molecule has 0 aromatic heterocycles. The average Bonchev–Trinajstić information content (AvgIpc) is 2.46. The van der Waals surface area contributed by atoms with Gasteiger partial charge in [0, 0.05) is 12.1 Å². The van der Waals surface area contributed by atoms with E-state index in [9.17, 15) is 9.90 Å². The Hall–Kier alpha value is -2.33. The summed E-state index contributed by atoms with van der Waals surface area (Å²) in [7, 11) is 0. The van der Waals surface area contributed by atoms with Gasteiger partial charge >= 0.3 is 0 Å². The lowest BCUT2D eigenvalue weighted by molar-refractivity contribution is 0.0924. The molecule has 0 saturated carbocycles. The summed E-state index contributed by atoms with van der Waals surface area (Å²) in [5, 5.41) is 21.0. The highest BCUT2D eigenvalue weighted by atomic mass is 16.3. The lowest BCUT2D eigenvalue weighted by Crippen LogP contribution is -2.30. The lowest BCUT2D eigenvalue weighted by atomic mass is 10.0. The molecule has 1 atom stereocenters. The van der Waals surface area contributed by atoms with Crippen molar-refractivity contribution in [1.29, 1.82) is 0 Å². The number of benzene rings is 2. The van der Waals surface area contributed by atoms with Crippen LogP contribution in [0.25, 0.3) is 11.1 Å². The van der Waals surface area contributed by atoms with Gasteiger partial charge in [0.1, 0.15) is 5.75 Å². The second kappa shape index (κ2) is 6.21. The van der Waals surface area contributed by atoms with Crippen LogP contribution in [0, 0.1) is 0 Å². The van der Waals surface area contributed by atoms with Gasteiger partial charge in [-0.25, -0.2) is 0 Å². The standard InChI is InChI=1S/C16H17NO3/c1-11(18)10-17-16(20)14-4-2-12(3-5-14)13-6-8-15(19)9-7-13/h2-9,11,18-19H,10H2,1H3,(H,17,20)/t11-/m0/s1. The molecule has 0 unspecified atom stereocenters. The Balaban J connectivity index is 2.10. The molecule has 0 aliphatic rings. The topological polar surface area (TPSA) is 69.6 Å². The number of hydrogen-bond donors (Lipinski definition) is 3. The van der Waals surface area contributed by atoms with Crippen LogP contribution >= 0.6 is 0 Å². The van der Waals surface area contributed by atoms with Crippen LogP contribution in [0.5, 0.6) is 5.75 Å². The van der Waals surface area contributed by atoms with E-state index < -0.39 is 6.10 Å². The molecule has 0 radical (unpaired) electrons. The minimum atomic E-state index is -0.560. The molecule has 2 aromatic carbocycles. The Morgan fingerprint density at radius 1 is 1.05 bits per heavy atom. The molecule has 2 rings (SSSR count). The number of rotatable bonds is 4. The fraction of sp³-hybridized carbons (Fsp3) is 0.188. The van der Waals surface area contributed by atoms with Crippen LogP contribution in [0.1, 0.15) is 17.3 Å². The van der Waals surface area contributed by atoms with E-state index in [4.69, 9.17) is 5.11 Å². The fourth-order valence-corrected chi connectivity index (χ4v) is 1.81. The smallest absolute Gasteiger partial charge is 0.251 e. The number of aromatic hydroxyl groups is 1. The molecule has 0 spiro atoms. The zero-order chi connectivity index (χ0) is 14.5. The molecule has 0 heterocycles. The van der Waals surface area contributed by atoms with E-state index in [2.05, 4.69) is 5.32 Å². The maximum absolute atomic E-state index is 11.8. The van der Waals surface area contributed by atoms with Crippen LogP contribution in [0.4, 0.5) is 0 Å². The largest absolute Gasteiger partial charge is 0.508 e. The maximum Gasteiger partial charge on any atom is 0.251 e. The SMILES string of the molecule is C[C@H](O)CNC(=O)c1ccc(-c2ccc(O)cc2)cc1. The van der Waals surface area contributed by atoms with Crippen molar-refractivity contribution in [3.8, 4) is 16.9 Å². The number of nitrogens with one attached hydrogen (secondary N) is 1. The summed E-state index contributed by atoms with van der Waals surface area (Å²) in [5.41, 5.74) is 2.49. The van der Waals surface area contributed by atoms with Crippen molar-refractivity contribution < 1.29 is 15.0 Å². The Morgan fingerprint density at radius 2 is 1.55 bits per heavy atom. The molecule has 104 valence electrons. The first-order valence-electron chi connectivity index (χ1n) is 6.42. The van der Waals surface area contributed by atoms with Crippen LogP contribution in [-0.2, 0) is 0 Å². The van der Waals surface area contributed by atoms with Crippen molar-refractivity contribution in [3.05, 3.63) is 54.1 Å². The monoisotopic (exact) mass is 271 g/mol. The number of hydrogen-bond acceptors (Lipinski definition) is 3. The van der Waals surface area contributed by atoms with Crippen molar-refractivity contribution in [3.63, 3.8) is 0 Å². The van der Waals surface area contributed by atoms with Crippen LogP contribution < -0.4 is 5.32 Å². The van der Waals surface area contributed by atoms with E-state index in [0.717, 1.165) is 11.1 Å². The highest BCUT2D eigenvalue weighted by Crippen LogP contribution is 2.22. The predicted molar refractivity (Wildman–Crippen MR) is 77.6 cm³/mol. The third-order valence-corrected chi connectivity index (χ3v) is 2.91. The molecule has 2 aromatic rings. The van der Waals surface area contributed by atoms with Gasteiger partial charge in [-0.2, -0.15) is 0 Å². The van der Waals surface area contributed by atoms with E-state index in [-0.39, 0.29) is 18.2 Å². The number of phenols is 1. The molecule has 1 amide bonds. The summed E-state index contributed by atoms with van der Waals surface area (Å²) in [4.78, 5) is 11.8. The van der Waals surface area contributed by atoms with Crippen molar-refractivity contribution >= 4 is 5.91 Å². The Morgan fingerprint density at radius 3 is 2.05 bits per heavy atom. The predicted octanol–water partition coefficient (Wildman–Crippen LogP) is 2.17. The van der Waals surface area contributed by atoms with Gasteiger partial charge in [-0.3, -0.25) is 4.79 Å². The Kier molecular flexibility index (Phi) is 4.38. The Bertz CT molecular complexity index is 574. The second-order valence-electron chi connectivity index (χ2n) is 4.68. The van der Waals surface area contributed by atoms with Crippen molar-refractivity contribution in [1.82, 2.24) is 5.32 Å². The van der Waals surface area contributed by atoms with Crippen LogP contribution in [0.3, 0.4) is 0 Å². The van der Waals surface area contributed by atoms with Gasteiger partial charge in [-0.05, 0) is 42.3 Å². The molecule has 0 aliphatic heterocycles. The number of aliphatic hydroxyl groups is 1. The number of carbonyl (C=O) groups excluding carboxylic acids is 1. The lowest BCUT2D eigenvalue weighted by Gasteiger charge is -2.08. The van der Waals surface area contributed by atoms with Crippen LogP contribution in [0.2, 0.25) is 0 Å². The van der Waals surface area contributed by atoms with Crippen molar-refractivity contribution in [2.75, 3.05) is 6.54 Å². The van der Waals surface area contributed by atoms with Gasteiger partial charge in [-0.15, -0.1) is 0 Å². The highest BCUT2D eigenvalue weighted by molar-refractivity contribution is 5.94. The molecule has 0 fully saturated rings. The summed E-state index contributed by atoms with van der Waals surface area (Å²) >= 11 is 0. The molecule has 0 aliphatic carbocycles. The van der Waals surface area contributed by atoms with Gasteiger partial charge in [0.15, 0.2) is 0 Å². The summed E-state index contributed by atoms with van der Waals surface area (Å²) in [5.74, 6) is 0.0195. The number of amides is 1. The minimum absolute atomic E-state index is 0.205. The molecule has 4 nitrogen and oxygen atoms in total. The van der Waals surface area contributed by atoms with Gasteiger partial charge in [0.25, 0.3) is 5.91 Å². The minimum Gasteiger partial charge on any atom is -0.508 e. The average molecular weight is 271 g/mol. The van der Waals surface area contributed by atoms with E-state index in [1.807, 2.05) is 24.3 Å². The number of aliphatic hydroxyl groups excluding tert-OH is 1. The normalized spacial score (nSPS) is 11.9. The van der Waals surface area contributed by atoms with E-state index in [1.165, 1.54) is 0 Å². The van der Waals surface area contributed by atoms with Crippen molar-refractivity contribution in [2.24, 2.45) is 0 Å². The first kappa shape index (κ1) is 14.1. The zero-order valence-corrected chi connectivity index (χ0v) is 11.2. The molecule has 4 heteroatoms. The molecule has 3 N–H and O–H groups in total. The number of carbonyl (C=O) groups is 1. The molecule has 0 saturated heterocycles. The summed E-state index contributed by atoms with van der Waals surface area (Å²) in [6.07, 6.45) is -0.560. The van der Waals surface area contributed by atoms with Crippen molar-refractivity contribution in [2.45, 2.75) is 13.0 Å². The highest BCUT2D eigenvalue weighted by Gasteiger charge is 2.06. The Labute approximate surface area is 117 Å². The number of phenolic OH excluding ortho intramolecular Hbond substituents is 1. The molecule has 20 heavy (non-hydrogen) atoms. The first-order valence-corrected chi connectivity index (χ1v) is 6.42. The van der Waals surface area contributed by atoms with E-state index >= 15 is 0 Å². The van der Waals surface area contributed by atoms with E-state index in [0.29, 0.717) is 5.56 Å². The molecular weight excluding hydrogens is 254 g/mol. The van der Waals surface area contributed by atoms with Crippen LogP contribution in [0.15, 0.2) is 48.5 Å². The van der Waals surface area contributed by atoms with Gasteiger partial charge < -0.3 is 15.5 Å². The molecule has 0 bridgehead atoms. The van der Waals surface area contributed by atoms with Gasteiger partial charge in [0.05, 0.1) is 6.10 Å². The quantitative estimate of drug-likeness (QED) is 0.798. The third-order valence-electron chi connectivity index (χ3n) is 2.91. The van der Waals surface area contributed by atoms with E-state index in [1.54, 1.807) is 31.2 Å². The van der Waals surface area contributed by atoms with Gasteiger partial charge in [0.2, 0.25) is 0 Å². The summed E-state index contributed by atoms with van der Waals surface area (Å²) in [6, 6.07) is 14.1. The maximum atomic E-state index is 11.8. The fourth-order valence-electron chi connectivity index (χ4n) is 1.81. The van der Waals surface area contributed by atoms with Gasteiger partial charge in [-0.1, -0.05) is 24.3 Å².